The number of hydrogen-bond acceptors (Lipinski definition) is 5. The van der Waals surface area contributed by atoms with E-state index in [4.69, 9.17) is 27.9 Å². The lowest BCUT2D eigenvalue weighted by molar-refractivity contribution is -0.151. The first-order chi connectivity index (χ1) is 15.9. The highest BCUT2D eigenvalue weighted by Gasteiger charge is 2.36. The number of rotatable bonds is 6. The topological polar surface area (TPSA) is 105 Å². The number of anilines is 1. The van der Waals surface area contributed by atoms with Crippen molar-refractivity contribution in [3.8, 4) is 0 Å². The summed E-state index contributed by atoms with van der Waals surface area (Å²) in [5.74, 6) is -3.01. The fraction of sp³-hybridized carbons (Fsp3) is 0.333. The van der Waals surface area contributed by atoms with Crippen LogP contribution in [-0.4, -0.2) is 41.9 Å². The molecule has 1 saturated heterocycles. The average molecular weight is 506 g/mol. The number of halogens is 2. The van der Waals surface area contributed by atoms with E-state index in [9.17, 15) is 19.2 Å². The molecular formula is C24H25Cl2N3O5. The first kappa shape index (κ1) is 25.5. The van der Waals surface area contributed by atoms with Crippen molar-refractivity contribution < 1.29 is 23.9 Å². The molecule has 0 saturated carbocycles. The number of nitrogens with one attached hydrogen (secondary N) is 2. The fourth-order valence-corrected chi connectivity index (χ4v) is 3.65. The van der Waals surface area contributed by atoms with Crippen LogP contribution in [0, 0.1) is 5.92 Å². The number of amides is 3. The molecule has 1 fully saturated rings. The highest BCUT2D eigenvalue weighted by atomic mass is 35.5. The molecule has 10 heteroatoms. The Morgan fingerprint density at radius 1 is 1.09 bits per heavy atom. The summed E-state index contributed by atoms with van der Waals surface area (Å²) in [4.78, 5) is 49.3. The molecule has 3 amide bonds. The van der Waals surface area contributed by atoms with Crippen LogP contribution in [0.3, 0.4) is 0 Å². The van der Waals surface area contributed by atoms with Gasteiger partial charge in [0.25, 0.3) is 11.8 Å². The number of ether oxygens (including phenoxy) is 1. The minimum absolute atomic E-state index is 0.0504. The molecule has 0 spiro atoms. The molecule has 0 unspecified atom stereocenters. The molecule has 2 N–H and O–H groups in total. The van der Waals surface area contributed by atoms with Crippen LogP contribution in [0.25, 0.3) is 0 Å². The summed E-state index contributed by atoms with van der Waals surface area (Å²) in [6, 6.07) is 11.7. The van der Waals surface area contributed by atoms with Crippen molar-refractivity contribution in [2.24, 2.45) is 5.92 Å². The lowest BCUT2D eigenvalue weighted by atomic mass is 9.87. The molecule has 3 rings (SSSR count). The molecule has 8 nitrogen and oxygen atoms in total. The van der Waals surface area contributed by atoms with E-state index in [0.717, 1.165) is 10.6 Å². The van der Waals surface area contributed by atoms with Crippen molar-refractivity contribution in [3.05, 3.63) is 63.6 Å². The average Bonchev–Trinajstić information content (AvgIpc) is 3.14. The minimum atomic E-state index is -0.807. The number of carbonyl (C=O) groups excluding carboxylic acids is 4. The van der Waals surface area contributed by atoms with Gasteiger partial charge in [-0.25, -0.2) is 0 Å². The largest absolute Gasteiger partial charge is 0.455 e. The predicted octanol–water partition coefficient (Wildman–Crippen LogP) is 3.97. The third-order valence-corrected chi connectivity index (χ3v) is 5.82. The molecule has 180 valence electrons. The minimum Gasteiger partial charge on any atom is -0.455 e. The molecule has 2 aromatic rings. The summed E-state index contributed by atoms with van der Waals surface area (Å²) in [6.45, 7) is 5.60. The standard InChI is InChI=1S/C24H25Cl2N3O5/c1-24(2,3)16-6-4-14(5-7-16)22(32)28-29-12-15(10-21(29)31)23(33)34-13-20(30)27-19-11-17(25)8-9-18(19)26/h4-9,11,15H,10,12-13H2,1-3H3,(H,27,30)(H,28,32)/t15-/m0/s1. The molecule has 0 radical (unpaired) electrons. The maximum Gasteiger partial charge on any atom is 0.311 e. The molecule has 1 heterocycles. The number of hydrazine groups is 1. The molecule has 0 aliphatic carbocycles. The van der Waals surface area contributed by atoms with Crippen molar-refractivity contribution in [2.75, 3.05) is 18.5 Å². The lowest BCUT2D eigenvalue weighted by Gasteiger charge is -2.20. The first-order valence-corrected chi connectivity index (χ1v) is 11.3. The van der Waals surface area contributed by atoms with E-state index in [1.54, 1.807) is 18.2 Å². The van der Waals surface area contributed by atoms with E-state index >= 15 is 0 Å². The Hall–Kier alpha value is -3.10. The molecule has 2 aromatic carbocycles. The number of benzene rings is 2. The van der Waals surface area contributed by atoms with Crippen LogP contribution in [0.1, 0.15) is 43.1 Å². The number of esters is 1. The second-order valence-corrected chi connectivity index (χ2v) is 9.80. The summed E-state index contributed by atoms with van der Waals surface area (Å²) in [6.07, 6.45) is -0.135. The highest BCUT2D eigenvalue weighted by molar-refractivity contribution is 6.35. The Kier molecular flexibility index (Phi) is 7.84. The van der Waals surface area contributed by atoms with Crippen molar-refractivity contribution in [1.29, 1.82) is 0 Å². The van der Waals surface area contributed by atoms with E-state index < -0.39 is 36.2 Å². The molecule has 1 aliphatic heterocycles. The zero-order chi connectivity index (χ0) is 25.0. The number of carbonyl (C=O) groups is 4. The molecule has 1 atom stereocenters. The van der Waals surface area contributed by atoms with E-state index in [-0.39, 0.29) is 29.1 Å². The van der Waals surface area contributed by atoms with Gasteiger partial charge in [0.1, 0.15) is 0 Å². The third kappa shape index (κ3) is 6.48. The Balaban J connectivity index is 1.50. The Labute approximate surface area is 207 Å². The van der Waals surface area contributed by atoms with Gasteiger partial charge < -0.3 is 10.1 Å². The maximum atomic E-state index is 12.5. The van der Waals surface area contributed by atoms with Gasteiger partial charge >= 0.3 is 5.97 Å². The normalized spacial score (nSPS) is 15.7. The summed E-state index contributed by atoms with van der Waals surface area (Å²) >= 11 is 11.9. The predicted molar refractivity (Wildman–Crippen MR) is 128 cm³/mol. The quantitative estimate of drug-likeness (QED) is 0.578. The monoisotopic (exact) mass is 505 g/mol. The summed E-state index contributed by atoms with van der Waals surface area (Å²) in [7, 11) is 0. The van der Waals surface area contributed by atoms with Gasteiger partial charge in [-0.3, -0.25) is 29.6 Å². The summed E-state index contributed by atoms with van der Waals surface area (Å²) in [5, 5.41) is 4.27. The number of hydrogen-bond donors (Lipinski definition) is 2. The smallest absolute Gasteiger partial charge is 0.311 e. The number of nitrogens with zero attached hydrogens (tertiary/aromatic N) is 1. The highest BCUT2D eigenvalue weighted by Crippen LogP contribution is 2.25. The van der Waals surface area contributed by atoms with Gasteiger partial charge in [-0.15, -0.1) is 0 Å². The van der Waals surface area contributed by atoms with Gasteiger partial charge in [0.05, 0.1) is 23.2 Å². The molecule has 0 aromatic heterocycles. The van der Waals surface area contributed by atoms with Crippen molar-refractivity contribution in [3.63, 3.8) is 0 Å². The van der Waals surface area contributed by atoms with Crippen LogP contribution in [-0.2, 0) is 24.5 Å². The van der Waals surface area contributed by atoms with Gasteiger partial charge in [-0.05, 0) is 41.3 Å². The maximum absolute atomic E-state index is 12.5. The lowest BCUT2D eigenvalue weighted by Crippen LogP contribution is -2.43. The molecule has 34 heavy (non-hydrogen) atoms. The first-order valence-electron chi connectivity index (χ1n) is 10.6. The van der Waals surface area contributed by atoms with Gasteiger partial charge in [-0.2, -0.15) is 0 Å². The fourth-order valence-electron chi connectivity index (χ4n) is 3.32. The SMILES string of the molecule is CC(C)(C)c1ccc(C(=O)NN2C[C@@H](C(=O)OCC(=O)Nc3cc(Cl)ccc3Cl)CC2=O)cc1. The van der Waals surface area contributed by atoms with Crippen LogP contribution in [0.15, 0.2) is 42.5 Å². The van der Waals surface area contributed by atoms with E-state index in [1.165, 1.54) is 12.1 Å². The van der Waals surface area contributed by atoms with E-state index in [1.807, 2.05) is 12.1 Å². The van der Waals surface area contributed by atoms with Crippen LogP contribution < -0.4 is 10.7 Å². The van der Waals surface area contributed by atoms with Crippen molar-refractivity contribution >= 4 is 52.6 Å². The van der Waals surface area contributed by atoms with E-state index in [0.29, 0.717) is 10.6 Å². The van der Waals surface area contributed by atoms with Crippen LogP contribution in [0.2, 0.25) is 10.0 Å². The van der Waals surface area contributed by atoms with Crippen molar-refractivity contribution in [1.82, 2.24) is 10.4 Å². The van der Waals surface area contributed by atoms with Gasteiger partial charge in [0.2, 0.25) is 5.91 Å². The van der Waals surface area contributed by atoms with Gasteiger partial charge in [0.15, 0.2) is 6.61 Å². The Morgan fingerprint density at radius 3 is 2.41 bits per heavy atom. The Bertz CT molecular complexity index is 1110. The van der Waals surface area contributed by atoms with Crippen LogP contribution in [0.5, 0.6) is 0 Å². The second kappa shape index (κ2) is 10.4. The Morgan fingerprint density at radius 2 is 1.76 bits per heavy atom. The van der Waals surface area contributed by atoms with Crippen LogP contribution in [0.4, 0.5) is 5.69 Å². The van der Waals surface area contributed by atoms with E-state index in [2.05, 4.69) is 31.5 Å². The van der Waals surface area contributed by atoms with Gasteiger partial charge in [-0.1, -0.05) is 56.1 Å². The summed E-state index contributed by atoms with van der Waals surface area (Å²) in [5.41, 5.74) is 4.23. The van der Waals surface area contributed by atoms with Gasteiger partial charge in [0, 0.05) is 17.0 Å². The van der Waals surface area contributed by atoms with Crippen molar-refractivity contribution in [2.45, 2.75) is 32.6 Å². The molecule has 0 bridgehead atoms. The molecular weight excluding hydrogens is 481 g/mol. The van der Waals surface area contributed by atoms with Crippen LogP contribution >= 0.6 is 23.2 Å². The second-order valence-electron chi connectivity index (χ2n) is 8.95. The molecule has 1 aliphatic rings. The summed E-state index contributed by atoms with van der Waals surface area (Å²) < 4.78 is 5.04. The third-order valence-electron chi connectivity index (χ3n) is 5.26. The zero-order valence-electron chi connectivity index (χ0n) is 19.0. The zero-order valence-corrected chi connectivity index (χ0v) is 20.5.